The van der Waals surface area contributed by atoms with Crippen LogP contribution < -0.4 is 0 Å². The molecule has 1 rings (SSSR count). The van der Waals surface area contributed by atoms with Crippen LogP contribution in [0.3, 0.4) is 0 Å². The maximum absolute atomic E-state index is 4.35. The summed E-state index contributed by atoms with van der Waals surface area (Å²) in [5.74, 6) is 1.01. The van der Waals surface area contributed by atoms with Crippen LogP contribution in [0.1, 0.15) is 94.9 Å². The molecule has 0 amide bonds. The van der Waals surface area contributed by atoms with E-state index in [-0.39, 0.29) is 55.4 Å². The van der Waals surface area contributed by atoms with Crippen LogP contribution in [0.4, 0.5) is 0 Å². The SMILES string of the molecule is CC(C)[N-]C(C)[N-]C(C)C.CC(C)[N-]C(C)[N-]C(C)C.CN(C)CC1CCCC1.[CH3-].[La]. The van der Waals surface area contributed by atoms with Crippen LogP contribution in [0.25, 0.3) is 21.3 Å². The second-order valence-electron chi connectivity index (χ2n) is 9.65. The van der Waals surface area contributed by atoms with Gasteiger partial charge in [0.05, 0.1) is 0 Å². The summed E-state index contributed by atoms with van der Waals surface area (Å²) < 4.78 is 0. The van der Waals surface area contributed by atoms with E-state index in [0.717, 1.165) is 5.92 Å². The molecular formula is C25H56LaN5-5. The van der Waals surface area contributed by atoms with Gasteiger partial charge in [-0.05, 0) is 32.9 Å². The first kappa shape index (κ1) is 39.2. The van der Waals surface area contributed by atoms with Crippen LogP contribution in [0, 0.1) is 48.9 Å². The zero-order valence-electron chi connectivity index (χ0n) is 23.4. The Morgan fingerprint density at radius 1 is 0.613 bits per heavy atom. The molecule has 1 aliphatic carbocycles. The van der Waals surface area contributed by atoms with Crippen LogP contribution in [0.5, 0.6) is 0 Å². The van der Waals surface area contributed by atoms with E-state index in [9.17, 15) is 0 Å². The van der Waals surface area contributed by atoms with Gasteiger partial charge < -0.3 is 33.6 Å². The van der Waals surface area contributed by atoms with E-state index in [1.54, 1.807) is 0 Å². The van der Waals surface area contributed by atoms with Crippen LogP contribution in [0.15, 0.2) is 0 Å². The van der Waals surface area contributed by atoms with Gasteiger partial charge in [0.1, 0.15) is 0 Å². The summed E-state index contributed by atoms with van der Waals surface area (Å²) in [6.07, 6.45) is 6.22. The van der Waals surface area contributed by atoms with E-state index in [2.05, 4.69) is 95.7 Å². The Balaban J connectivity index is -0.000000171. The van der Waals surface area contributed by atoms with Gasteiger partial charge in [-0.2, -0.15) is 0 Å². The van der Waals surface area contributed by atoms with Crippen LogP contribution in [-0.2, 0) is 0 Å². The van der Waals surface area contributed by atoms with Gasteiger partial charge in [0.15, 0.2) is 0 Å². The zero-order chi connectivity index (χ0) is 23.0. The Morgan fingerprint density at radius 3 is 1.06 bits per heavy atom. The molecule has 0 heterocycles. The number of hydrogen-bond donors (Lipinski definition) is 0. The molecule has 0 aromatic rings. The van der Waals surface area contributed by atoms with Gasteiger partial charge in [0.25, 0.3) is 0 Å². The molecule has 31 heavy (non-hydrogen) atoms. The molecule has 0 bridgehead atoms. The second kappa shape index (κ2) is 24.1. The third kappa shape index (κ3) is 33.2. The first-order valence-corrected chi connectivity index (χ1v) is 11.8. The van der Waals surface area contributed by atoms with Gasteiger partial charge in [-0.1, -0.05) is 68.2 Å². The van der Waals surface area contributed by atoms with E-state index < -0.39 is 0 Å². The molecule has 189 valence electrons. The molecule has 1 radical (unpaired) electrons. The summed E-state index contributed by atoms with van der Waals surface area (Å²) in [6, 6.07) is 1.60. The van der Waals surface area contributed by atoms with Gasteiger partial charge in [-0.15, -0.1) is 38.0 Å². The normalized spacial score (nSPS) is 14.0. The topological polar surface area (TPSA) is 59.6 Å². The monoisotopic (exact) mass is 565 g/mol. The fourth-order valence-electron chi connectivity index (χ4n) is 3.51. The van der Waals surface area contributed by atoms with Crippen molar-refractivity contribution in [2.24, 2.45) is 5.92 Å². The molecule has 1 aliphatic rings. The Labute approximate surface area is 226 Å². The molecule has 0 unspecified atom stereocenters. The third-order valence-corrected chi connectivity index (χ3v) is 4.15. The maximum atomic E-state index is 4.35. The van der Waals surface area contributed by atoms with Crippen molar-refractivity contribution in [1.82, 2.24) is 4.90 Å². The van der Waals surface area contributed by atoms with Crippen LogP contribution >= 0.6 is 0 Å². The van der Waals surface area contributed by atoms with Crippen molar-refractivity contribution in [3.8, 4) is 0 Å². The summed E-state index contributed by atoms with van der Waals surface area (Å²) in [7, 11) is 4.33. The van der Waals surface area contributed by atoms with Crippen molar-refractivity contribution in [3.05, 3.63) is 28.7 Å². The molecular weight excluding hydrogens is 509 g/mol. The first-order chi connectivity index (χ1) is 13.3. The zero-order valence-corrected chi connectivity index (χ0v) is 27.0. The van der Waals surface area contributed by atoms with Gasteiger partial charge in [0.2, 0.25) is 0 Å². The molecule has 1 saturated carbocycles. The van der Waals surface area contributed by atoms with Crippen molar-refractivity contribution in [1.29, 1.82) is 0 Å². The fourth-order valence-corrected chi connectivity index (χ4v) is 3.51. The van der Waals surface area contributed by atoms with Crippen molar-refractivity contribution < 1.29 is 35.6 Å². The van der Waals surface area contributed by atoms with Crippen molar-refractivity contribution in [3.63, 3.8) is 0 Å². The first-order valence-electron chi connectivity index (χ1n) is 11.8. The summed E-state index contributed by atoms with van der Waals surface area (Å²) in [5, 5.41) is 17.4. The minimum atomic E-state index is 0. The van der Waals surface area contributed by atoms with Crippen molar-refractivity contribution in [2.45, 2.75) is 131 Å². The number of nitrogens with zero attached hydrogens (tertiary/aromatic N) is 5. The van der Waals surface area contributed by atoms with Crippen LogP contribution in [-0.4, -0.2) is 62.0 Å². The molecule has 0 aromatic heterocycles. The Morgan fingerprint density at radius 2 is 0.871 bits per heavy atom. The average Bonchev–Trinajstić information content (AvgIpc) is 2.96. The summed E-state index contributed by atoms with van der Waals surface area (Å²) in [5.41, 5.74) is 0. The molecule has 0 aromatic carbocycles. The summed E-state index contributed by atoms with van der Waals surface area (Å²) >= 11 is 0. The van der Waals surface area contributed by atoms with E-state index in [0.29, 0.717) is 24.2 Å². The third-order valence-electron chi connectivity index (χ3n) is 4.15. The number of rotatable bonds is 10. The minimum absolute atomic E-state index is 0. The van der Waals surface area contributed by atoms with Gasteiger partial charge in [-0.3, -0.25) is 0 Å². The molecule has 1 fully saturated rings. The molecule has 6 heteroatoms. The molecule has 0 N–H and O–H groups in total. The molecule has 0 saturated heterocycles. The smallest absolute Gasteiger partial charge is 0.000356 e. The van der Waals surface area contributed by atoms with Gasteiger partial charge in [-0.25, -0.2) is 12.3 Å². The van der Waals surface area contributed by atoms with Crippen LogP contribution in [0.2, 0.25) is 0 Å². The predicted octanol–water partition coefficient (Wildman–Crippen LogP) is 7.98. The van der Waals surface area contributed by atoms with E-state index in [1.165, 1.54) is 32.2 Å². The van der Waals surface area contributed by atoms with E-state index in [4.69, 9.17) is 0 Å². The molecule has 5 nitrogen and oxygen atoms in total. The second-order valence-corrected chi connectivity index (χ2v) is 9.65. The Kier molecular flexibility index (Phi) is 30.5. The minimum Gasteiger partial charge on any atom is -0.676 e. The fraction of sp³-hybridized carbons (Fsp3) is 0.960. The Bertz CT molecular complexity index is 301. The molecule has 0 atom stereocenters. The van der Waals surface area contributed by atoms with Crippen molar-refractivity contribution >= 4 is 0 Å². The summed E-state index contributed by atoms with van der Waals surface area (Å²) in [4.78, 5) is 2.30. The Hall–Kier alpha value is 0.995. The number of hydrogen-bond acceptors (Lipinski definition) is 1. The van der Waals surface area contributed by atoms with E-state index >= 15 is 0 Å². The predicted molar refractivity (Wildman–Crippen MR) is 140 cm³/mol. The van der Waals surface area contributed by atoms with Crippen molar-refractivity contribution in [2.75, 3.05) is 20.6 Å². The quantitative estimate of drug-likeness (QED) is 0.248. The molecule has 0 aliphatic heterocycles. The molecule has 0 spiro atoms. The largest absolute Gasteiger partial charge is 0.676 e. The maximum Gasteiger partial charge on any atom is 0.000356 e. The average molecular weight is 566 g/mol. The van der Waals surface area contributed by atoms with Gasteiger partial charge in [0, 0.05) is 42.1 Å². The van der Waals surface area contributed by atoms with Gasteiger partial charge >= 0.3 is 0 Å². The standard InChI is InChI=1S/2C8H18N2.C8H17N.CH3.La/c2*1-6(2)9-8(5)10-7(3)4;1-9(2)7-8-5-3-4-6-8;;/h2*6-8H,1-5H3;8H,3-7H2,1-2H3;1H3;/q2*-2;;-1;. The van der Waals surface area contributed by atoms with E-state index in [1.807, 2.05) is 13.8 Å². The summed E-state index contributed by atoms with van der Waals surface area (Å²) in [6.45, 7) is 22.0.